The Labute approximate surface area is 197 Å². The van der Waals surface area contributed by atoms with Crippen LogP contribution in [0.25, 0.3) is 0 Å². The van der Waals surface area contributed by atoms with Gasteiger partial charge in [0.2, 0.25) is 21.8 Å². The standard InChI is InChI=1S/C25H35N3O4S/c1-5-17-26-25(30)20(3)27(18-16-22-10-8-7-9-11-22)24(29)19-28(33(4,31)32)23-14-12-21(6-2)13-15-23/h7-15,20H,5-6,16-19H2,1-4H3,(H,26,30)/t20-/m1/s1. The summed E-state index contributed by atoms with van der Waals surface area (Å²) < 4.78 is 26.2. The summed E-state index contributed by atoms with van der Waals surface area (Å²) in [4.78, 5) is 27.5. The molecule has 0 aliphatic rings. The molecule has 0 fully saturated rings. The number of rotatable bonds is 12. The van der Waals surface area contributed by atoms with Gasteiger partial charge in [0.1, 0.15) is 12.6 Å². The normalized spacial score (nSPS) is 12.1. The second kappa shape index (κ2) is 12.4. The number of carbonyl (C=O) groups excluding carboxylic acids is 2. The maximum atomic E-state index is 13.4. The molecule has 2 aromatic carbocycles. The van der Waals surface area contributed by atoms with Crippen LogP contribution in [0.1, 0.15) is 38.3 Å². The zero-order chi connectivity index (χ0) is 24.4. The number of hydrogen-bond acceptors (Lipinski definition) is 4. The van der Waals surface area contributed by atoms with Crippen molar-refractivity contribution in [2.45, 2.75) is 46.1 Å². The first-order valence-corrected chi connectivity index (χ1v) is 13.2. The monoisotopic (exact) mass is 473 g/mol. The number of nitrogens with zero attached hydrogens (tertiary/aromatic N) is 2. The van der Waals surface area contributed by atoms with Gasteiger partial charge in [0.25, 0.3) is 0 Å². The lowest BCUT2D eigenvalue weighted by Gasteiger charge is -2.31. The quantitative estimate of drug-likeness (QED) is 0.513. The molecule has 0 unspecified atom stereocenters. The van der Waals surface area contributed by atoms with Gasteiger partial charge >= 0.3 is 0 Å². The Hall–Kier alpha value is -2.87. The predicted octanol–water partition coefficient (Wildman–Crippen LogP) is 3.00. The van der Waals surface area contributed by atoms with E-state index < -0.39 is 22.0 Å². The van der Waals surface area contributed by atoms with Crippen LogP contribution in [0.15, 0.2) is 54.6 Å². The Morgan fingerprint density at radius 3 is 2.15 bits per heavy atom. The molecular weight excluding hydrogens is 438 g/mol. The van der Waals surface area contributed by atoms with E-state index >= 15 is 0 Å². The fourth-order valence-electron chi connectivity index (χ4n) is 3.48. The van der Waals surface area contributed by atoms with E-state index in [1.807, 2.05) is 56.3 Å². The van der Waals surface area contributed by atoms with Gasteiger partial charge in [-0.05, 0) is 49.4 Å². The fraction of sp³-hybridized carbons (Fsp3) is 0.440. The smallest absolute Gasteiger partial charge is 0.244 e. The summed E-state index contributed by atoms with van der Waals surface area (Å²) in [6, 6.07) is 16.1. The molecule has 0 heterocycles. The van der Waals surface area contributed by atoms with Gasteiger partial charge in [-0.2, -0.15) is 0 Å². The van der Waals surface area contributed by atoms with E-state index in [0.717, 1.165) is 34.5 Å². The van der Waals surface area contributed by atoms with Gasteiger partial charge in [-0.3, -0.25) is 13.9 Å². The summed E-state index contributed by atoms with van der Waals surface area (Å²) in [6.07, 6.45) is 3.25. The molecule has 0 aliphatic heterocycles. The molecule has 1 N–H and O–H groups in total. The van der Waals surface area contributed by atoms with E-state index in [1.54, 1.807) is 19.1 Å². The summed E-state index contributed by atoms with van der Waals surface area (Å²) in [5, 5.41) is 2.83. The second-order valence-corrected chi connectivity index (χ2v) is 9.99. The summed E-state index contributed by atoms with van der Waals surface area (Å²) in [7, 11) is -3.71. The number of aryl methyl sites for hydroxylation is 1. The average Bonchev–Trinajstić information content (AvgIpc) is 2.81. The molecule has 7 nitrogen and oxygen atoms in total. The summed E-state index contributed by atoms with van der Waals surface area (Å²) in [6.45, 7) is 6.10. The van der Waals surface area contributed by atoms with E-state index in [1.165, 1.54) is 4.90 Å². The van der Waals surface area contributed by atoms with Gasteiger partial charge in [0, 0.05) is 13.1 Å². The molecule has 180 valence electrons. The van der Waals surface area contributed by atoms with Crippen molar-refractivity contribution < 1.29 is 18.0 Å². The molecule has 0 aliphatic carbocycles. The molecule has 0 saturated heterocycles. The fourth-order valence-corrected chi connectivity index (χ4v) is 4.33. The Balaban J connectivity index is 2.27. The van der Waals surface area contributed by atoms with Crippen molar-refractivity contribution in [3.05, 3.63) is 65.7 Å². The van der Waals surface area contributed by atoms with Crippen molar-refractivity contribution in [2.75, 3.05) is 30.2 Å². The maximum absolute atomic E-state index is 13.4. The van der Waals surface area contributed by atoms with E-state index in [-0.39, 0.29) is 12.5 Å². The molecule has 8 heteroatoms. The van der Waals surface area contributed by atoms with Crippen molar-refractivity contribution in [3.8, 4) is 0 Å². The molecule has 0 saturated carbocycles. The van der Waals surface area contributed by atoms with E-state index in [0.29, 0.717) is 25.2 Å². The molecular formula is C25H35N3O4S. The zero-order valence-corrected chi connectivity index (χ0v) is 20.8. The van der Waals surface area contributed by atoms with Gasteiger partial charge in [-0.1, -0.05) is 56.3 Å². The predicted molar refractivity (Wildman–Crippen MR) is 133 cm³/mol. The zero-order valence-electron chi connectivity index (χ0n) is 20.0. The minimum atomic E-state index is -3.71. The average molecular weight is 474 g/mol. The molecule has 1 atom stereocenters. The SMILES string of the molecule is CCCNC(=O)[C@@H](C)N(CCc1ccccc1)C(=O)CN(c1ccc(CC)cc1)S(C)(=O)=O. The first-order valence-electron chi connectivity index (χ1n) is 11.3. The van der Waals surface area contributed by atoms with Crippen molar-refractivity contribution in [1.82, 2.24) is 10.2 Å². The van der Waals surface area contributed by atoms with Crippen LogP contribution in [0.2, 0.25) is 0 Å². The van der Waals surface area contributed by atoms with Crippen LogP contribution in [0.4, 0.5) is 5.69 Å². The highest BCUT2D eigenvalue weighted by Gasteiger charge is 2.29. The van der Waals surface area contributed by atoms with Crippen LogP contribution in [0.5, 0.6) is 0 Å². The summed E-state index contributed by atoms with van der Waals surface area (Å²) in [5.41, 5.74) is 2.53. The Morgan fingerprint density at radius 2 is 1.61 bits per heavy atom. The molecule has 33 heavy (non-hydrogen) atoms. The minimum Gasteiger partial charge on any atom is -0.354 e. The van der Waals surface area contributed by atoms with Crippen molar-refractivity contribution in [1.29, 1.82) is 0 Å². The lowest BCUT2D eigenvalue weighted by molar-refractivity contribution is -0.138. The third kappa shape index (κ3) is 7.89. The van der Waals surface area contributed by atoms with Crippen LogP contribution in [-0.2, 0) is 32.5 Å². The lowest BCUT2D eigenvalue weighted by Crippen LogP contribution is -2.52. The minimum absolute atomic E-state index is 0.253. The van der Waals surface area contributed by atoms with E-state index in [4.69, 9.17) is 0 Å². The lowest BCUT2D eigenvalue weighted by atomic mass is 10.1. The molecule has 0 bridgehead atoms. The Kier molecular flexibility index (Phi) is 9.91. The Bertz CT molecular complexity index is 1010. The largest absolute Gasteiger partial charge is 0.354 e. The first-order chi connectivity index (χ1) is 15.7. The number of anilines is 1. The molecule has 2 rings (SSSR count). The summed E-state index contributed by atoms with van der Waals surface area (Å²) in [5.74, 6) is -0.675. The molecule has 0 spiro atoms. The topological polar surface area (TPSA) is 86.8 Å². The van der Waals surface area contributed by atoms with Crippen LogP contribution >= 0.6 is 0 Å². The second-order valence-electron chi connectivity index (χ2n) is 8.08. The van der Waals surface area contributed by atoms with Crippen LogP contribution in [0, 0.1) is 0 Å². The number of sulfonamides is 1. The van der Waals surface area contributed by atoms with Crippen LogP contribution < -0.4 is 9.62 Å². The van der Waals surface area contributed by atoms with Crippen molar-refractivity contribution in [2.24, 2.45) is 0 Å². The van der Waals surface area contributed by atoms with Crippen LogP contribution in [-0.4, -0.2) is 57.1 Å². The van der Waals surface area contributed by atoms with E-state index in [9.17, 15) is 18.0 Å². The summed E-state index contributed by atoms with van der Waals surface area (Å²) >= 11 is 0. The molecule has 0 aromatic heterocycles. The number of hydrogen-bond donors (Lipinski definition) is 1. The van der Waals surface area contributed by atoms with Crippen molar-refractivity contribution >= 4 is 27.5 Å². The Morgan fingerprint density at radius 1 is 0.970 bits per heavy atom. The molecule has 2 aromatic rings. The third-order valence-corrected chi connectivity index (χ3v) is 6.65. The number of amides is 2. The van der Waals surface area contributed by atoms with Crippen LogP contribution in [0.3, 0.4) is 0 Å². The maximum Gasteiger partial charge on any atom is 0.244 e. The van der Waals surface area contributed by atoms with Gasteiger partial charge in [-0.15, -0.1) is 0 Å². The molecule has 2 amide bonds. The third-order valence-electron chi connectivity index (χ3n) is 5.51. The van der Waals surface area contributed by atoms with Gasteiger partial charge in [0.15, 0.2) is 0 Å². The van der Waals surface area contributed by atoms with Gasteiger partial charge in [0.05, 0.1) is 11.9 Å². The highest BCUT2D eigenvalue weighted by Crippen LogP contribution is 2.19. The van der Waals surface area contributed by atoms with E-state index in [2.05, 4.69) is 5.32 Å². The molecule has 0 radical (unpaired) electrons. The highest BCUT2D eigenvalue weighted by molar-refractivity contribution is 7.92. The van der Waals surface area contributed by atoms with Gasteiger partial charge in [-0.25, -0.2) is 8.42 Å². The highest BCUT2D eigenvalue weighted by atomic mass is 32.2. The van der Waals surface area contributed by atoms with Crippen molar-refractivity contribution in [3.63, 3.8) is 0 Å². The first kappa shape index (κ1) is 26.4. The number of nitrogens with one attached hydrogen (secondary N) is 1. The number of carbonyl (C=O) groups is 2. The van der Waals surface area contributed by atoms with Gasteiger partial charge < -0.3 is 10.2 Å². The number of benzene rings is 2.